The van der Waals surface area contributed by atoms with Crippen LogP contribution in [0.15, 0.2) is 36.4 Å². The molecule has 7 nitrogen and oxygen atoms in total. The number of nitrogens with one attached hydrogen (secondary N) is 1. The third kappa shape index (κ3) is 4.82. The molecule has 0 saturated heterocycles. The van der Waals surface area contributed by atoms with Crippen LogP contribution in [0.3, 0.4) is 0 Å². The topological polar surface area (TPSA) is 98.5 Å². The number of nitro groups is 1. The molecule has 130 valence electrons. The van der Waals surface area contributed by atoms with Crippen LogP contribution in [-0.4, -0.2) is 23.4 Å². The number of carbonyl (C=O) groups is 2. The maximum Gasteiger partial charge on any atom is 0.341 e. The minimum Gasteiger partial charge on any atom is -0.452 e. The molecule has 0 aliphatic carbocycles. The summed E-state index contributed by atoms with van der Waals surface area (Å²) >= 11 is 17.6. The summed E-state index contributed by atoms with van der Waals surface area (Å²) < 4.78 is 4.85. The minimum absolute atomic E-state index is 0.0250. The molecule has 0 bridgehead atoms. The molecule has 0 spiro atoms. The van der Waals surface area contributed by atoms with Gasteiger partial charge < -0.3 is 10.1 Å². The van der Waals surface area contributed by atoms with E-state index in [2.05, 4.69) is 5.32 Å². The smallest absolute Gasteiger partial charge is 0.341 e. The molecule has 2 aromatic carbocycles. The van der Waals surface area contributed by atoms with E-state index >= 15 is 0 Å². The van der Waals surface area contributed by atoms with Gasteiger partial charge in [-0.15, -0.1) is 0 Å². The van der Waals surface area contributed by atoms with Gasteiger partial charge >= 0.3 is 5.97 Å². The van der Waals surface area contributed by atoms with Crippen LogP contribution in [0.1, 0.15) is 10.4 Å². The number of hydrogen-bond acceptors (Lipinski definition) is 5. The number of anilines is 1. The Balaban J connectivity index is 1.99. The van der Waals surface area contributed by atoms with Crippen LogP contribution in [0, 0.1) is 10.1 Å². The van der Waals surface area contributed by atoms with E-state index in [1.54, 1.807) is 6.07 Å². The molecule has 0 radical (unpaired) electrons. The second-order valence-corrected chi connectivity index (χ2v) is 5.86. The first-order chi connectivity index (χ1) is 11.8. The van der Waals surface area contributed by atoms with Gasteiger partial charge in [0, 0.05) is 12.1 Å². The van der Waals surface area contributed by atoms with E-state index in [4.69, 9.17) is 39.5 Å². The van der Waals surface area contributed by atoms with Gasteiger partial charge in [-0.3, -0.25) is 14.9 Å². The van der Waals surface area contributed by atoms with Crippen molar-refractivity contribution < 1.29 is 19.2 Å². The van der Waals surface area contributed by atoms with Crippen LogP contribution in [0.2, 0.25) is 15.1 Å². The average molecular weight is 404 g/mol. The highest BCUT2D eigenvalue weighted by Crippen LogP contribution is 2.27. The molecule has 2 aromatic rings. The number of nitro benzene ring substituents is 1. The van der Waals surface area contributed by atoms with Crippen molar-refractivity contribution in [1.29, 1.82) is 0 Å². The molecule has 1 N–H and O–H groups in total. The van der Waals surface area contributed by atoms with Gasteiger partial charge in [0.1, 0.15) is 0 Å². The number of non-ortho nitro benzene ring substituents is 1. The summed E-state index contributed by atoms with van der Waals surface area (Å²) in [6, 6.07) is 8.01. The van der Waals surface area contributed by atoms with Crippen LogP contribution < -0.4 is 5.32 Å². The van der Waals surface area contributed by atoms with Crippen molar-refractivity contribution in [3.63, 3.8) is 0 Å². The molecule has 0 heterocycles. The van der Waals surface area contributed by atoms with Crippen molar-refractivity contribution in [1.82, 2.24) is 0 Å². The number of halogens is 3. The molecule has 0 saturated carbocycles. The van der Waals surface area contributed by atoms with Crippen LogP contribution in [0.4, 0.5) is 11.4 Å². The highest BCUT2D eigenvalue weighted by Gasteiger charge is 2.18. The van der Waals surface area contributed by atoms with Gasteiger partial charge in [-0.1, -0.05) is 40.9 Å². The van der Waals surface area contributed by atoms with E-state index in [1.807, 2.05) is 0 Å². The maximum atomic E-state index is 12.0. The first-order valence-corrected chi connectivity index (χ1v) is 7.78. The Morgan fingerprint density at radius 1 is 1.08 bits per heavy atom. The second kappa shape index (κ2) is 8.15. The summed E-state index contributed by atoms with van der Waals surface area (Å²) in [7, 11) is 0. The average Bonchev–Trinajstić information content (AvgIpc) is 2.54. The van der Waals surface area contributed by atoms with Gasteiger partial charge in [0.15, 0.2) is 6.61 Å². The Kier molecular flexibility index (Phi) is 6.19. The van der Waals surface area contributed by atoms with Gasteiger partial charge in [0.05, 0.1) is 31.2 Å². The van der Waals surface area contributed by atoms with Gasteiger partial charge in [-0.25, -0.2) is 4.79 Å². The number of carbonyl (C=O) groups excluding carboxylic acids is 2. The van der Waals surface area contributed by atoms with Gasteiger partial charge in [-0.05, 0) is 18.2 Å². The van der Waals surface area contributed by atoms with Crippen LogP contribution in [-0.2, 0) is 9.53 Å². The molecule has 0 atom stereocenters. The Labute approximate surface area is 156 Å². The third-order valence-electron chi connectivity index (χ3n) is 2.94. The Bertz CT molecular complexity index is 837. The summed E-state index contributed by atoms with van der Waals surface area (Å²) in [6.45, 7) is -0.617. The highest BCUT2D eigenvalue weighted by molar-refractivity contribution is 6.39. The third-order valence-corrected chi connectivity index (χ3v) is 3.88. The zero-order valence-electron chi connectivity index (χ0n) is 12.3. The lowest BCUT2D eigenvalue weighted by Gasteiger charge is -2.09. The number of rotatable bonds is 5. The Hall–Kier alpha value is -2.35. The first kappa shape index (κ1) is 19.0. The fourth-order valence-corrected chi connectivity index (χ4v) is 2.58. The van der Waals surface area contributed by atoms with Gasteiger partial charge in [0.2, 0.25) is 0 Å². The fourth-order valence-electron chi connectivity index (χ4n) is 1.80. The van der Waals surface area contributed by atoms with Gasteiger partial charge in [-0.2, -0.15) is 0 Å². The Morgan fingerprint density at radius 3 is 2.28 bits per heavy atom. The van der Waals surface area contributed by atoms with Crippen LogP contribution in [0.5, 0.6) is 0 Å². The number of hydrogen-bond donors (Lipinski definition) is 1. The van der Waals surface area contributed by atoms with E-state index < -0.39 is 23.4 Å². The number of benzene rings is 2. The SMILES string of the molecule is O=C(COC(=O)c1c(Cl)cccc1Cl)Nc1ccc([N+](=O)[O-])cc1Cl. The molecule has 10 heteroatoms. The quantitative estimate of drug-likeness (QED) is 0.454. The van der Waals surface area contributed by atoms with Crippen molar-refractivity contribution in [3.05, 3.63) is 67.1 Å². The molecule has 1 amide bonds. The molecule has 0 aliphatic heterocycles. The largest absolute Gasteiger partial charge is 0.452 e. The zero-order chi connectivity index (χ0) is 18.6. The van der Waals surface area contributed by atoms with E-state index in [9.17, 15) is 19.7 Å². The predicted octanol–water partition coefficient (Wildman–Crippen LogP) is 4.35. The lowest BCUT2D eigenvalue weighted by atomic mass is 10.2. The summed E-state index contributed by atoms with van der Waals surface area (Å²) in [5.74, 6) is -1.55. The Morgan fingerprint density at radius 2 is 1.72 bits per heavy atom. The van der Waals surface area contributed by atoms with Crippen molar-refractivity contribution in [2.45, 2.75) is 0 Å². The first-order valence-electron chi connectivity index (χ1n) is 6.64. The summed E-state index contributed by atoms with van der Waals surface area (Å²) in [5.41, 5.74) is -0.126. The van der Waals surface area contributed by atoms with Gasteiger partial charge in [0.25, 0.3) is 11.6 Å². The summed E-state index contributed by atoms with van der Waals surface area (Å²) in [5, 5.41) is 13.2. The molecule has 0 fully saturated rings. The van der Waals surface area contributed by atoms with E-state index in [0.29, 0.717) is 0 Å². The van der Waals surface area contributed by atoms with Crippen molar-refractivity contribution in [2.24, 2.45) is 0 Å². The van der Waals surface area contributed by atoms with Crippen molar-refractivity contribution in [3.8, 4) is 0 Å². The van der Waals surface area contributed by atoms with Crippen molar-refractivity contribution in [2.75, 3.05) is 11.9 Å². The monoisotopic (exact) mass is 402 g/mol. The number of ether oxygens (including phenoxy) is 1. The maximum absolute atomic E-state index is 12.0. The highest BCUT2D eigenvalue weighted by atomic mass is 35.5. The fraction of sp³-hybridized carbons (Fsp3) is 0.0667. The van der Waals surface area contributed by atoms with E-state index in [0.717, 1.165) is 6.07 Å². The molecule has 0 aliphatic rings. The normalized spacial score (nSPS) is 10.2. The minimum atomic E-state index is -0.861. The molecule has 25 heavy (non-hydrogen) atoms. The number of nitrogens with zero attached hydrogens (tertiary/aromatic N) is 1. The predicted molar refractivity (Wildman–Crippen MR) is 93.5 cm³/mol. The molecule has 0 aromatic heterocycles. The molecular formula is C15H9Cl3N2O5. The molecule has 2 rings (SSSR count). The van der Waals surface area contributed by atoms with Crippen LogP contribution in [0.25, 0.3) is 0 Å². The summed E-state index contributed by atoms with van der Waals surface area (Å²) in [4.78, 5) is 33.8. The zero-order valence-corrected chi connectivity index (χ0v) is 14.6. The summed E-state index contributed by atoms with van der Waals surface area (Å²) in [6.07, 6.45) is 0. The lowest BCUT2D eigenvalue weighted by molar-refractivity contribution is -0.384. The van der Waals surface area contributed by atoms with E-state index in [1.165, 1.54) is 24.3 Å². The molecule has 0 unspecified atom stereocenters. The van der Waals surface area contributed by atoms with Crippen molar-refractivity contribution >= 4 is 58.1 Å². The van der Waals surface area contributed by atoms with E-state index in [-0.39, 0.29) is 32.0 Å². The standard InChI is InChI=1S/C15H9Cl3N2O5/c16-9-2-1-3-10(17)14(9)15(22)25-7-13(21)19-12-5-4-8(20(23)24)6-11(12)18/h1-6H,7H2,(H,19,21). The number of amides is 1. The second-order valence-electron chi connectivity index (χ2n) is 4.64. The molecular weight excluding hydrogens is 395 g/mol. The lowest BCUT2D eigenvalue weighted by Crippen LogP contribution is -2.21. The van der Waals surface area contributed by atoms with Crippen LogP contribution >= 0.6 is 34.8 Å². The number of esters is 1.